The Kier molecular flexibility index (Phi) is 8.55. The van der Waals surface area contributed by atoms with Crippen LogP contribution in [0.3, 0.4) is 0 Å². The van der Waals surface area contributed by atoms with Crippen molar-refractivity contribution in [1.29, 1.82) is 5.26 Å². The summed E-state index contributed by atoms with van der Waals surface area (Å²) in [7, 11) is 2.83. The zero-order chi connectivity index (χ0) is 32.4. The van der Waals surface area contributed by atoms with Crippen molar-refractivity contribution in [2.24, 2.45) is 0 Å². The maximum absolute atomic E-state index is 14.9. The normalized spacial score (nSPS) is 11.1. The highest BCUT2D eigenvalue weighted by Gasteiger charge is 2.24. The van der Waals surface area contributed by atoms with Crippen LogP contribution in [0.2, 0.25) is 0 Å². The van der Waals surface area contributed by atoms with Crippen molar-refractivity contribution in [2.75, 3.05) is 14.2 Å². The van der Waals surface area contributed by atoms with Crippen molar-refractivity contribution in [3.05, 3.63) is 132 Å². The number of hydrogen-bond donors (Lipinski definition) is 0. The molecule has 0 N–H and O–H groups in total. The van der Waals surface area contributed by atoms with Crippen LogP contribution in [0.5, 0.6) is 5.75 Å². The van der Waals surface area contributed by atoms with Crippen LogP contribution in [0.4, 0.5) is 13.2 Å². The highest BCUT2D eigenvalue weighted by molar-refractivity contribution is 7.98. The second-order valence-electron chi connectivity index (χ2n) is 10.3. The van der Waals surface area contributed by atoms with Crippen molar-refractivity contribution >= 4 is 28.8 Å². The predicted octanol–water partition coefficient (Wildman–Crippen LogP) is 9.94. The maximum atomic E-state index is 14.9. The molecule has 0 saturated heterocycles. The summed E-state index contributed by atoms with van der Waals surface area (Å²) in [4.78, 5) is 12.9. The number of nitrogens with zero attached hydrogens (tertiary/aromatic N) is 2. The molecule has 9 heteroatoms. The van der Waals surface area contributed by atoms with Crippen molar-refractivity contribution in [2.45, 2.75) is 11.3 Å². The highest BCUT2D eigenvalue weighted by Crippen LogP contribution is 2.46. The first-order valence-electron chi connectivity index (χ1n) is 14.1. The summed E-state index contributed by atoms with van der Waals surface area (Å²) in [6, 6.07) is 32.6. The number of carbonyl (C=O) groups is 1. The SMILES string of the molecule is COC(=O)c1ccc(-c2cccc(-c3c(-c4ccccc4C#N)c4cc(F)ccc4n3Sc3ccc(C(F)F)cc3)c2)c(OC)c1. The highest BCUT2D eigenvalue weighted by atomic mass is 32.2. The number of aromatic nitrogens is 1. The molecule has 0 atom stereocenters. The number of ether oxygens (including phenoxy) is 2. The molecule has 1 heterocycles. The van der Waals surface area contributed by atoms with Crippen LogP contribution in [0, 0.1) is 17.1 Å². The fourth-order valence-corrected chi connectivity index (χ4v) is 6.47. The number of methoxy groups -OCH3 is 2. The first-order chi connectivity index (χ1) is 22.3. The van der Waals surface area contributed by atoms with Gasteiger partial charge in [0.25, 0.3) is 6.43 Å². The molecule has 0 radical (unpaired) electrons. The van der Waals surface area contributed by atoms with Crippen LogP contribution < -0.4 is 4.74 Å². The molecule has 46 heavy (non-hydrogen) atoms. The van der Waals surface area contributed by atoms with Crippen LogP contribution >= 0.6 is 11.9 Å². The quantitative estimate of drug-likeness (QED) is 0.156. The van der Waals surface area contributed by atoms with E-state index in [1.807, 2.05) is 40.4 Å². The van der Waals surface area contributed by atoms with Gasteiger partial charge in [0.05, 0.1) is 42.6 Å². The van der Waals surface area contributed by atoms with Gasteiger partial charge < -0.3 is 9.47 Å². The van der Waals surface area contributed by atoms with Crippen LogP contribution in [-0.2, 0) is 4.74 Å². The first-order valence-corrected chi connectivity index (χ1v) is 14.9. The Morgan fingerprint density at radius 1 is 0.848 bits per heavy atom. The van der Waals surface area contributed by atoms with Crippen LogP contribution in [0.25, 0.3) is 44.4 Å². The molecule has 1 aromatic heterocycles. The fourth-order valence-electron chi connectivity index (χ4n) is 5.45. The minimum absolute atomic E-state index is 0.0903. The topological polar surface area (TPSA) is 64.2 Å². The minimum Gasteiger partial charge on any atom is -0.496 e. The fraction of sp³-hybridized carbons (Fsp3) is 0.0811. The number of halogens is 3. The molecule has 6 rings (SSSR count). The van der Waals surface area contributed by atoms with E-state index in [1.165, 1.54) is 50.4 Å². The van der Waals surface area contributed by atoms with Gasteiger partial charge in [-0.05, 0) is 78.2 Å². The van der Waals surface area contributed by atoms with E-state index in [0.717, 1.165) is 16.7 Å². The van der Waals surface area contributed by atoms with Gasteiger partial charge in [-0.3, -0.25) is 3.97 Å². The van der Waals surface area contributed by atoms with Gasteiger partial charge in [-0.2, -0.15) is 5.26 Å². The summed E-state index contributed by atoms with van der Waals surface area (Å²) in [6.45, 7) is 0. The monoisotopic (exact) mass is 634 g/mol. The molecule has 0 aliphatic heterocycles. The zero-order valence-electron chi connectivity index (χ0n) is 24.6. The lowest BCUT2D eigenvalue weighted by Gasteiger charge is -2.15. The van der Waals surface area contributed by atoms with E-state index in [-0.39, 0.29) is 5.56 Å². The molecular weight excluding hydrogens is 609 g/mol. The lowest BCUT2D eigenvalue weighted by Crippen LogP contribution is -2.02. The summed E-state index contributed by atoms with van der Waals surface area (Å²) in [6.07, 6.45) is -2.60. The lowest BCUT2D eigenvalue weighted by molar-refractivity contribution is 0.0600. The summed E-state index contributed by atoms with van der Waals surface area (Å²) >= 11 is 1.30. The van der Waals surface area contributed by atoms with Crippen molar-refractivity contribution < 1.29 is 27.4 Å². The van der Waals surface area contributed by atoms with Gasteiger partial charge in [0.2, 0.25) is 0 Å². The molecule has 0 saturated carbocycles. The minimum atomic E-state index is -2.60. The molecule has 5 nitrogen and oxygen atoms in total. The third kappa shape index (κ3) is 5.71. The van der Waals surface area contributed by atoms with Crippen LogP contribution in [0.15, 0.2) is 114 Å². The molecule has 0 aliphatic carbocycles. The smallest absolute Gasteiger partial charge is 0.337 e. The van der Waals surface area contributed by atoms with E-state index >= 15 is 0 Å². The number of fused-ring (bicyclic) bond motifs is 1. The van der Waals surface area contributed by atoms with E-state index in [2.05, 4.69) is 6.07 Å². The number of nitriles is 1. The van der Waals surface area contributed by atoms with E-state index in [0.29, 0.717) is 49.5 Å². The Hall–Kier alpha value is -5.46. The number of alkyl halides is 2. The van der Waals surface area contributed by atoms with E-state index in [9.17, 15) is 23.2 Å². The molecular formula is C37H25F3N2O3S. The average molecular weight is 635 g/mol. The van der Waals surface area contributed by atoms with Gasteiger partial charge >= 0.3 is 5.97 Å². The largest absolute Gasteiger partial charge is 0.496 e. The number of hydrogen-bond acceptors (Lipinski definition) is 5. The van der Waals surface area contributed by atoms with Crippen molar-refractivity contribution in [3.63, 3.8) is 0 Å². The second kappa shape index (κ2) is 12.9. The molecule has 0 spiro atoms. The molecule has 5 aromatic carbocycles. The number of rotatable bonds is 8. The molecule has 0 fully saturated rings. The Bertz CT molecular complexity index is 2140. The second-order valence-corrected chi connectivity index (χ2v) is 11.3. The maximum Gasteiger partial charge on any atom is 0.337 e. The summed E-state index contributed by atoms with van der Waals surface area (Å²) < 4.78 is 54.0. The van der Waals surface area contributed by atoms with E-state index in [1.54, 1.807) is 48.5 Å². The van der Waals surface area contributed by atoms with Gasteiger partial charge in [0.15, 0.2) is 0 Å². The van der Waals surface area contributed by atoms with Gasteiger partial charge in [0.1, 0.15) is 11.6 Å². The van der Waals surface area contributed by atoms with Gasteiger partial charge in [-0.25, -0.2) is 18.0 Å². The van der Waals surface area contributed by atoms with Crippen molar-refractivity contribution in [3.8, 4) is 45.3 Å². The lowest BCUT2D eigenvalue weighted by atomic mass is 9.93. The van der Waals surface area contributed by atoms with Gasteiger partial charge in [-0.1, -0.05) is 48.5 Å². The Morgan fingerprint density at radius 3 is 2.33 bits per heavy atom. The summed E-state index contributed by atoms with van der Waals surface area (Å²) in [5.74, 6) is -0.469. The zero-order valence-corrected chi connectivity index (χ0v) is 25.4. The molecule has 228 valence electrons. The third-order valence-corrected chi connectivity index (χ3v) is 8.65. The average Bonchev–Trinajstić information content (AvgIpc) is 3.40. The molecule has 0 unspecified atom stereocenters. The predicted molar refractivity (Wildman–Crippen MR) is 173 cm³/mol. The Morgan fingerprint density at radius 2 is 1.61 bits per heavy atom. The molecule has 0 amide bonds. The number of esters is 1. The van der Waals surface area contributed by atoms with Gasteiger partial charge in [0, 0.05) is 38.1 Å². The van der Waals surface area contributed by atoms with E-state index < -0.39 is 18.2 Å². The number of carbonyl (C=O) groups excluding carboxylic acids is 1. The molecule has 0 aliphatic rings. The van der Waals surface area contributed by atoms with Crippen molar-refractivity contribution in [1.82, 2.24) is 3.97 Å². The summed E-state index contributed by atoms with van der Waals surface area (Å²) in [5, 5.41) is 10.6. The van der Waals surface area contributed by atoms with E-state index in [4.69, 9.17) is 9.47 Å². The third-order valence-electron chi connectivity index (χ3n) is 7.60. The van der Waals surface area contributed by atoms with Crippen LogP contribution in [-0.4, -0.2) is 24.2 Å². The number of benzene rings is 5. The Balaban J connectivity index is 1.62. The first kappa shape index (κ1) is 30.6. The standard InChI is InChI=1S/C37H25F3N2O3S/c1-44-33-19-25(37(43)45-2)12-16-29(33)23-7-5-8-24(18-23)35-34(30-9-4-3-6-26(30)21-41)31-20-27(38)13-17-32(31)42(35)46-28-14-10-22(11-15-28)36(39)40/h3-20,36H,1-2H3. The molecule has 0 bridgehead atoms. The van der Waals surface area contributed by atoms with Crippen LogP contribution in [0.1, 0.15) is 27.9 Å². The Labute approximate surface area is 267 Å². The van der Waals surface area contributed by atoms with Gasteiger partial charge in [-0.15, -0.1) is 0 Å². The molecule has 6 aromatic rings. The summed E-state index contributed by atoms with van der Waals surface area (Å²) in [5.41, 5.74) is 5.52.